The van der Waals surface area contributed by atoms with E-state index in [9.17, 15) is 9.18 Å². The first kappa shape index (κ1) is 22.9. The summed E-state index contributed by atoms with van der Waals surface area (Å²) in [6, 6.07) is 5.91. The molecule has 1 aromatic rings. The van der Waals surface area contributed by atoms with Crippen molar-refractivity contribution in [3.63, 3.8) is 0 Å². The minimum atomic E-state index is -0.614. The highest BCUT2D eigenvalue weighted by Gasteiger charge is 2.30. The molecule has 8 heteroatoms. The van der Waals surface area contributed by atoms with Crippen molar-refractivity contribution in [3.05, 3.63) is 47.3 Å². The van der Waals surface area contributed by atoms with Gasteiger partial charge in [-0.3, -0.25) is 9.69 Å². The van der Waals surface area contributed by atoms with E-state index >= 15 is 0 Å². The lowest BCUT2D eigenvalue weighted by molar-refractivity contribution is -0.128. The van der Waals surface area contributed by atoms with Crippen LogP contribution in [0.4, 0.5) is 4.39 Å². The number of rotatable bonds is 5. The van der Waals surface area contributed by atoms with Crippen LogP contribution in [0, 0.1) is 5.82 Å². The van der Waals surface area contributed by atoms with Crippen molar-refractivity contribution in [2.45, 2.75) is 12.5 Å². The van der Waals surface area contributed by atoms with Crippen LogP contribution in [0.3, 0.4) is 0 Å². The number of nitrogens with zero attached hydrogens (tertiary/aromatic N) is 1. The van der Waals surface area contributed by atoms with Gasteiger partial charge in [0.15, 0.2) is 0 Å². The van der Waals surface area contributed by atoms with Crippen LogP contribution in [-0.2, 0) is 9.53 Å². The van der Waals surface area contributed by atoms with Gasteiger partial charge in [-0.2, -0.15) is 0 Å². The number of morpholine rings is 1. The number of amides is 1. The number of hydrogen-bond acceptors (Lipinski definition) is 4. The molecule has 0 radical (unpaired) electrons. The minimum Gasteiger partial charge on any atom is -0.379 e. The van der Waals surface area contributed by atoms with Gasteiger partial charge in [0, 0.05) is 31.7 Å². The van der Waals surface area contributed by atoms with Crippen LogP contribution in [-0.4, -0.2) is 56.7 Å². The summed E-state index contributed by atoms with van der Waals surface area (Å²) in [5.74, 6) is -0.494. The Bertz CT molecular complexity index is 610. The Labute approximate surface area is 166 Å². The Morgan fingerprint density at radius 3 is 2.65 bits per heavy atom. The van der Waals surface area contributed by atoms with Crippen LogP contribution in [0.25, 0.3) is 0 Å². The Kier molecular flexibility index (Phi) is 10.1. The molecule has 2 aliphatic heterocycles. The fourth-order valence-electron chi connectivity index (χ4n) is 3.16. The first-order valence-corrected chi connectivity index (χ1v) is 8.48. The van der Waals surface area contributed by atoms with Crippen LogP contribution in [0.15, 0.2) is 35.9 Å². The van der Waals surface area contributed by atoms with Gasteiger partial charge in [-0.05, 0) is 19.0 Å². The van der Waals surface area contributed by atoms with Crippen molar-refractivity contribution in [1.82, 2.24) is 15.5 Å². The Balaban J connectivity index is 0.00000169. The van der Waals surface area contributed by atoms with Crippen molar-refractivity contribution in [2.24, 2.45) is 0 Å². The van der Waals surface area contributed by atoms with E-state index in [-0.39, 0.29) is 36.5 Å². The summed E-state index contributed by atoms with van der Waals surface area (Å²) in [7, 11) is 0. The second kappa shape index (κ2) is 11.5. The lowest BCUT2D eigenvalue weighted by Gasteiger charge is -2.34. The average molecular weight is 406 g/mol. The van der Waals surface area contributed by atoms with Crippen LogP contribution >= 0.6 is 24.8 Å². The molecule has 3 rings (SSSR count). The molecule has 0 aliphatic carbocycles. The normalized spacial score (nSPS) is 18.7. The van der Waals surface area contributed by atoms with Crippen molar-refractivity contribution >= 4 is 30.7 Å². The van der Waals surface area contributed by atoms with Gasteiger partial charge in [0.2, 0.25) is 5.91 Å². The van der Waals surface area contributed by atoms with Gasteiger partial charge in [-0.15, -0.1) is 24.8 Å². The molecule has 0 saturated carbocycles. The number of carbonyl (C=O) groups is 1. The van der Waals surface area contributed by atoms with Gasteiger partial charge in [0.05, 0.1) is 13.2 Å². The molecule has 0 aromatic heterocycles. The maximum absolute atomic E-state index is 14.3. The number of ether oxygens (including phenoxy) is 1. The molecule has 1 saturated heterocycles. The Morgan fingerprint density at radius 1 is 1.27 bits per heavy atom. The van der Waals surface area contributed by atoms with E-state index in [0.29, 0.717) is 38.4 Å². The zero-order chi connectivity index (χ0) is 16.8. The lowest BCUT2D eigenvalue weighted by atomic mass is 10.0. The Morgan fingerprint density at radius 2 is 2.00 bits per heavy atom. The standard InChI is InChI=1S/C18H24FN3O2.2ClH/c19-16-4-2-1-3-15(16)17(22-9-11-24-12-10-22)18(23)21-13-14-5-7-20-8-6-14;;/h1-5,17,20H,6-13H2,(H,21,23);2*1H. The van der Waals surface area contributed by atoms with Crippen LogP contribution in [0.5, 0.6) is 0 Å². The third-order valence-electron chi connectivity index (χ3n) is 4.51. The topological polar surface area (TPSA) is 53.6 Å². The van der Waals surface area contributed by atoms with Crippen molar-refractivity contribution in [1.29, 1.82) is 0 Å². The van der Waals surface area contributed by atoms with E-state index < -0.39 is 6.04 Å². The predicted octanol–water partition coefficient (Wildman–Crippen LogP) is 2.08. The van der Waals surface area contributed by atoms with Crippen molar-refractivity contribution in [2.75, 3.05) is 45.9 Å². The number of carbonyl (C=O) groups excluding carboxylic acids is 1. The minimum absolute atomic E-state index is 0. The third-order valence-corrected chi connectivity index (χ3v) is 4.51. The molecular weight excluding hydrogens is 380 g/mol. The quantitative estimate of drug-likeness (QED) is 0.736. The molecular formula is C18H26Cl2FN3O2. The fourth-order valence-corrected chi connectivity index (χ4v) is 3.16. The SMILES string of the molecule is Cl.Cl.O=C(NCC1=CCNCC1)C(c1ccccc1F)N1CCOCC1. The van der Waals surface area contributed by atoms with E-state index in [0.717, 1.165) is 19.5 Å². The second-order valence-electron chi connectivity index (χ2n) is 6.11. The highest BCUT2D eigenvalue weighted by Crippen LogP contribution is 2.24. The van der Waals surface area contributed by atoms with Crippen LogP contribution in [0.2, 0.25) is 0 Å². The largest absolute Gasteiger partial charge is 0.379 e. The molecule has 2 N–H and O–H groups in total. The summed E-state index contributed by atoms with van der Waals surface area (Å²) in [4.78, 5) is 14.8. The van der Waals surface area contributed by atoms with Crippen molar-refractivity contribution in [3.8, 4) is 0 Å². The third kappa shape index (κ3) is 5.93. The summed E-state index contributed by atoms with van der Waals surface area (Å²) in [6.45, 7) is 4.67. The molecule has 5 nitrogen and oxygen atoms in total. The van der Waals surface area contributed by atoms with Gasteiger partial charge in [-0.25, -0.2) is 4.39 Å². The van der Waals surface area contributed by atoms with E-state index in [4.69, 9.17) is 4.74 Å². The number of nitrogens with one attached hydrogen (secondary N) is 2. The molecule has 1 amide bonds. The van der Waals surface area contributed by atoms with Crippen LogP contribution < -0.4 is 10.6 Å². The van der Waals surface area contributed by atoms with Crippen LogP contribution in [0.1, 0.15) is 18.0 Å². The lowest BCUT2D eigenvalue weighted by Crippen LogP contribution is -2.46. The summed E-state index contributed by atoms with van der Waals surface area (Å²) in [5, 5.41) is 6.24. The molecule has 2 heterocycles. The summed E-state index contributed by atoms with van der Waals surface area (Å²) >= 11 is 0. The second-order valence-corrected chi connectivity index (χ2v) is 6.11. The van der Waals surface area contributed by atoms with E-state index in [1.54, 1.807) is 18.2 Å². The van der Waals surface area contributed by atoms with Gasteiger partial charge >= 0.3 is 0 Å². The van der Waals surface area contributed by atoms with Gasteiger partial charge in [-0.1, -0.05) is 29.8 Å². The molecule has 1 aromatic carbocycles. The molecule has 146 valence electrons. The molecule has 2 aliphatic rings. The highest BCUT2D eigenvalue weighted by atomic mass is 35.5. The zero-order valence-electron chi connectivity index (χ0n) is 14.6. The van der Waals surface area contributed by atoms with Gasteiger partial charge in [0.25, 0.3) is 0 Å². The fraction of sp³-hybridized carbons (Fsp3) is 0.500. The first-order valence-electron chi connectivity index (χ1n) is 8.48. The molecule has 0 spiro atoms. The van der Waals surface area contributed by atoms with Crippen molar-refractivity contribution < 1.29 is 13.9 Å². The molecule has 1 fully saturated rings. The predicted molar refractivity (Wildman–Crippen MR) is 105 cm³/mol. The maximum Gasteiger partial charge on any atom is 0.242 e. The highest BCUT2D eigenvalue weighted by molar-refractivity contribution is 5.85. The van der Waals surface area contributed by atoms with E-state index in [1.165, 1.54) is 11.6 Å². The summed E-state index contributed by atoms with van der Waals surface area (Å²) in [5.41, 5.74) is 1.65. The van der Waals surface area contributed by atoms with Gasteiger partial charge < -0.3 is 15.4 Å². The zero-order valence-corrected chi connectivity index (χ0v) is 16.2. The molecule has 0 bridgehead atoms. The first-order chi connectivity index (χ1) is 11.8. The van der Waals surface area contributed by atoms with E-state index in [2.05, 4.69) is 16.7 Å². The Hall–Kier alpha value is -1.18. The maximum atomic E-state index is 14.3. The number of halogens is 3. The average Bonchev–Trinajstić information content (AvgIpc) is 2.64. The van der Waals surface area contributed by atoms with Gasteiger partial charge in [0.1, 0.15) is 11.9 Å². The summed E-state index contributed by atoms with van der Waals surface area (Å²) < 4.78 is 19.7. The van der Waals surface area contributed by atoms with E-state index in [1.807, 2.05) is 4.90 Å². The molecule has 26 heavy (non-hydrogen) atoms. The number of hydrogen-bond donors (Lipinski definition) is 2. The monoisotopic (exact) mass is 405 g/mol. The molecule has 1 unspecified atom stereocenters. The molecule has 1 atom stereocenters. The number of benzene rings is 1. The summed E-state index contributed by atoms with van der Waals surface area (Å²) in [6.07, 6.45) is 3.04. The smallest absolute Gasteiger partial charge is 0.242 e.